The van der Waals surface area contributed by atoms with E-state index >= 15 is 0 Å². The Morgan fingerprint density at radius 2 is 1.93 bits per heavy atom. The normalized spacial score (nSPS) is 10.9. The lowest BCUT2D eigenvalue weighted by molar-refractivity contribution is 0.0997. The van der Waals surface area contributed by atoms with Crippen molar-refractivity contribution in [1.82, 2.24) is 20.2 Å². The molecule has 4 rings (SSSR count). The van der Waals surface area contributed by atoms with Crippen LogP contribution in [0.25, 0.3) is 16.7 Å². The second-order valence-corrected chi connectivity index (χ2v) is 6.17. The summed E-state index contributed by atoms with van der Waals surface area (Å²) < 4.78 is 7.13. The highest BCUT2D eigenvalue weighted by Crippen LogP contribution is 2.19. The fourth-order valence-corrected chi connectivity index (χ4v) is 2.72. The van der Waals surface area contributed by atoms with E-state index in [2.05, 4.69) is 20.8 Å². The number of hydrogen-bond donors (Lipinski definition) is 1. The molecule has 134 valence electrons. The Hall–Kier alpha value is -3.81. The number of amides is 1. The molecule has 0 saturated heterocycles. The quantitative estimate of drug-likeness (QED) is 0.602. The lowest BCUT2D eigenvalue weighted by atomic mass is 10.1. The molecule has 27 heavy (non-hydrogen) atoms. The van der Waals surface area contributed by atoms with Crippen molar-refractivity contribution in [2.45, 2.75) is 13.8 Å². The zero-order valence-corrected chi connectivity index (χ0v) is 14.6. The predicted octanol–water partition coefficient (Wildman–Crippen LogP) is 2.64. The summed E-state index contributed by atoms with van der Waals surface area (Å²) in [4.78, 5) is 24.9. The smallest absolute Gasteiger partial charge is 0.291 e. The largest absolute Gasteiger partial charge is 0.451 e. The molecule has 8 nitrogen and oxygen atoms in total. The Morgan fingerprint density at radius 3 is 2.70 bits per heavy atom. The number of carbonyl (C=O) groups excluding carboxylic acids is 1. The number of aryl methyl sites for hydroxylation is 2. The van der Waals surface area contributed by atoms with E-state index in [0.717, 1.165) is 11.1 Å². The molecule has 2 aromatic carbocycles. The van der Waals surface area contributed by atoms with Crippen LogP contribution in [0.3, 0.4) is 0 Å². The molecule has 2 heterocycles. The van der Waals surface area contributed by atoms with Gasteiger partial charge in [-0.1, -0.05) is 6.07 Å². The number of tetrazole rings is 1. The molecule has 0 unspecified atom stereocenters. The first-order chi connectivity index (χ1) is 13.0. The lowest BCUT2D eigenvalue weighted by Crippen LogP contribution is -2.15. The van der Waals surface area contributed by atoms with Gasteiger partial charge in [-0.15, -0.1) is 5.10 Å². The van der Waals surface area contributed by atoms with Crippen LogP contribution < -0.4 is 10.7 Å². The zero-order chi connectivity index (χ0) is 19.0. The predicted molar refractivity (Wildman–Crippen MR) is 99.1 cm³/mol. The standard InChI is InChI=1S/C19H15N5O3/c1-11-6-15-16(25)9-18(27-17(15)7-12(11)2)19(26)21-13-4-3-5-14(8-13)24-10-20-22-23-24/h3-10H,1-2H3,(H,21,26). The highest BCUT2D eigenvalue weighted by molar-refractivity contribution is 6.03. The second-order valence-electron chi connectivity index (χ2n) is 6.17. The molecule has 4 aromatic rings. The average molecular weight is 361 g/mol. The number of benzene rings is 2. The highest BCUT2D eigenvalue weighted by atomic mass is 16.3. The maximum Gasteiger partial charge on any atom is 0.291 e. The summed E-state index contributed by atoms with van der Waals surface area (Å²) in [5.41, 5.74) is 3.31. The molecule has 8 heteroatoms. The van der Waals surface area contributed by atoms with Gasteiger partial charge in [0.05, 0.1) is 11.1 Å². The maximum absolute atomic E-state index is 12.6. The van der Waals surface area contributed by atoms with Crippen LogP contribution in [0.5, 0.6) is 0 Å². The van der Waals surface area contributed by atoms with Crippen molar-refractivity contribution in [1.29, 1.82) is 0 Å². The van der Waals surface area contributed by atoms with E-state index in [1.54, 1.807) is 36.4 Å². The van der Waals surface area contributed by atoms with Crippen LogP contribution in [0.4, 0.5) is 5.69 Å². The Kier molecular flexibility index (Phi) is 4.00. The van der Waals surface area contributed by atoms with Gasteiger partial charge in [0.2, 0.25) is 0 Å². The van der Waals surface area contributed by atoms with Crippen molar-refractivity contribution in [2.75, 3.05) is 5.32 Å². The second kappa shape index (κ2) is 6.49. The van der Waals surface area contributed by atoms with Crippen LogP contribution in [0.1, 0.15) is 21.7 Å². The number of anilines is 1. The number of rotatable bonds is 3. The third kappa shape index (κ3) is 3.20. The van der Waals surface area contributed by atoms with Gasteiger partial charge in [0.1, 0.15) is 11.9 Å². The first kappa shape index (κ1) is 16.6. The molecular weight excluding hydrogens is 346 g/mol. The van der Waals surface area contributed by atoms with Crippen molar-refractivity contribution < 1.29 is 9.21 Å². The molecule has 1 N–H and O–H groups in total. The minimum atomic E-state index is -0.513. The van der Waals surface area contributed by atoms with E-state index in [1.807, 2.05) is 13.8 Å². The molecule has 0 saturated carbocycles. The SMILES string of the molecule is Cc1cc2oc(C(=O)Nc3cccc(-n4cnnn4)c3)cc(=O)c2cc1C. The minimum Gasteiger partial charge on any atom is -0.451 e. The van der Waals surface area contributed by atoms with Gasteiger partial charge in [0.15, 0.2) is 11.2 Å². The van der Waals surface area contributed by atoms with Crippen LogP contribution in [0, 0.1) is 13.8 Å². The molecule has 0 aliphatic rings. The number of fused-ring (bicyclic) bond motifs is 1. The molecule has 0 aliphatic carbocycles. The summed E-state index contributed by atoms with van der Waals surface area (Å²) in [6.07, 6.45) is 1.45. The van der Waals surface area contributed by atoms with Gasteiger partial charge in [0.25, 0.3) is 5.91 Å². The summed E-state index contributed by atoms with van der Waals surface area (Å²) in [5.74, 6) is -0.565. The Labute approximate surface area is 153 Å². The van der Waals surface area contributed by atoms with Gasteiger partial charge in [-0.3, -0.25) is 9.59 Å². The maximum atomic E-state index is 12.6. The first-order valence-corrected chi connectivity index (χ1v) is 8.21. The third-order valence-corrected chi connectivity index (χ3v) is 4.28. The fraction of sp³-hybridized carbons (Fsp3) is 0.105. The summed E-state index contributed by atoms with van der Waals surface area (Å²) >= 11 is 0. The summed E-state index contributed by atoms with van der Waals surface area (Å²) in [6.45, 7) is 3.85. The zero-order valence-electron chi connectivity index (χ0n) is 14.6. The van der Waals surface area contributed by atoms with Crippen LogP contribution in [0.2, 0.25) is 0 Å². The minimum absolute atomic E-state index is 0.0522. The van der Waals surface area contributed by atoms with Crippen LogP contribution in [0.15, 0.2) is 58.0 Å². The van der Waals surface area contributed by atoms with Gasteiger partial charge in [-0.25, -0.2) is 4.68 Å². The molecular formula is C19H15N5O3. The average Bonchev–Trinajstić information content (AvgIpc) is 3.18. The van der Waals surface area contributed by atoms with E-state index in [0.29, 0.717) is 22.3 Å². The number of carbonyl (C=O) groups is 1. The number of nitrogens with zero attached hydrogens (tertiary/aromatic N) is 4. The highest BCUT2D eigenvalue weighted by Gasteiger charge is 2.14. The van der Waals surface area contributed by atoms with Crippen LogP contribution in [-0.4, -0.2) is 26.1 Å². The number of aromatic nitrogens is 4. The molecule has 0 radical (unpaired) electrons. The van der Waals surface area contributed by atoms with Gasteiger partial charge in [-0.2, -0.15) is 0 Å². The van der Waals surface area contributed by atoms with E-state index in [1.165, 1.54) is 17.1 Å². The van der Waals surface area contributed by atoms with Gasteiger partial charge >= 0.3 is 0 Å². The monoisotopic (exact) mass is 361 g/mol. The lowest BCUT2D eigenvalue weighted by Gasteiger charge is -2.08. The Balaban J connectivity index is 1.66. The van der Waals surface area contributed by atoms with E-state index in [9.17, 15) is 9.59 Å². The van der Waals surface area contributed by atoms with E-state index in [-0.39, 0.29) is 11.2 Å². The molecule has 0 aliphatic heterocycles. The van der Waals surface area contributed by atoms with Crippen molar-refractivity contribution >= 4 is 22.6 Å². The van der Waals surface area contributed by atoms with Gasteiger partial charge < -0.3 is 9.73 Å². The summed E-state index contributed by atoms with van der Waals surface area (Å²) in [5, 5.41) is 14.2. The van der Waals surface area contributed by atoms with Gasteiger partial charge in [-0.05, 0) is 65.7 Å². The molecule has 1 amide bonds. The molecule has 0 fully saturated rings. The topological polar surface area (TPSA) is 103 Å². The van der Waals surface area contributed by atoms with Crippen molar-refractivity contribution in [3.8, 4) is 5.69 Å². The third-order valence-electron chi connectivity index (χ3n) is 4.28. The van der Waals surface area contributed by atoms with E-state index in [4.69, 9.17) is 4.42 Å². The molecule has 0 spiro atoms. The van der Waals surface area contributed by atoms with Gasteiger partial charge in [0, 0.05) is 11.8 Å². The number of hydrogen-bond acceptors (Lipinski definition) is 6. The summed E-state index contributed by atoms with van der Waals surface area (Å²) in [7, 11) is 0. The van der Waals surface area contributed by atoms with Crippen LogP contribution in [-0.2, 0) is 0 Å². The van der Waals surface area contributed by atoms with E-state index < -0.39 is 5.91 Å². The van der Waals surface area contributed by atoms with Crippen molar-refractivity contribution in [3.05, 3.63) is 75.9 Å². The molecule has 2 aromatic heterocycles. The summed E-state index contributed by atoms with van der Waals surface area (Å²) in [6, 6.07) is 11.7. The fourth-order valence-electron chi connectivity index (χ4n) is 2.72. The van der Waals surface area contributed by atoms with Crippen molar-refractivity contribution in [2.24, 2.45) is 0 Å². The number of nitrogens with one attached hydrogen (secondary N) is 1. The molecule has 0 bridgehead atoms. The molecule has 0 atom stereocenters. The van der Waals surface area contributed by atoms with Crippen molar-refractivity contribution in [3.63, 3.8) is 0 Å². The van der Waals surface area contributed by atoms with Crippen LogP contribution >= 0.6 is 0 Å². The Morgan fingerprint density at radius 1 is 1.11 bits per heavy atom. The first-order valence-electron chi connectivity index (χ1n) is 8.21. The Bertz CT molecular complexity index is 1210.